The number of rotatable bonds is 5. The SMILES string of the molecule is COc1ccc(/C(C)=N/Nc2cc(C(=O)O)ccc2Cl)c([O-])c1. The summed E-state index contributed by atoms with van der Waals surface area (Å²) in [6, 6.07) is 8.86. The molecule has 2 aromatic carbocycles. The highest BCUT2D eigenvalue weighted by Gasteiger charge is 2.07. The Balaban J connectivity index is 2.26. The zero-order valence-corrected chi connectivity index (χ0v) is 13.2. The van der Waals surface area contributed by atoms with Gasteiger partial charge in [-0.25, -0.2) is 4.79 Å². The molecule has 0 saturated carbocycles. The lowest BCUT2D eigenvalue weighted by Gasteiger charge is -2.15. The van der Waals surface area contributed by atoms with Gasteiger partial charge in [-0.2, -0.15) is 5.10 Å². The molecule has 0 aliphatic carbocycles. The van der Waals surface area contributed by atoms with Crippen molar-refractivity contribution >= 4 is 29.0 Å². The molecule has 0 saturated heterocycles. The maximum Gasteiger partial charge on any atom is 0.335 e. The predicted octanol–water partition coefficient (Wildman–Crippen LogP) is 2.96. The number of hydrogen-bond donors (Lipinski definition) is 2. The van der Waals surface area contributed by atoms with E-state index in [4.69, 9.17) is 21.4 Å². The topological polar surface area (TPSA) is 94.0 Å². The first-order valence-electron chi connectivity index (χ1n) is 6.61. The van der Waals surface area contributed by atoms with Crippen molar-refractivity contribution in [3.05, 3.63) is 52.5 Å². The predicted molar refractivity (Wildman–Crippen MR) is 86.7 cm³/mol. The van der Waals surface area contributed by atoms with Crippen LogP contribution >= 0.6 is 11.6 Å². The largest absolute Gasteiger partial charge is 0.872 e. The van der Waals surface area contributed by atoms with Crippen molar-refractivity contribution in [1.29, 1.82) is 0 Å². The van der Waals surface area contributed by atoms with Crippen LogP contribution in [0.1, 0.15) is 22.8 Å². The summed E-state index contributed by atoms with van der Waals surface area (Å²) in [7, 11) is 1.48. The number of methoxy groups -OCH3 is 1. The third-order valence-corrected chi connectivity index (χ3v) is 3.47. The van der Waals surface area contributed by atoms with E-state index in [1.54, 1.807) is 19.1 Å². The van der Waals surface area contributed by atoms with Crippen LogP contribution in [0.5, 0.6) is 11.5 Å². The number of carboxylic acid groups (broad SMARTS) is 1. The van der Waals surface area contributed by atoms with Gasteiger partial charge in [0.1, 0.15) is 5.75 Å². The zero-order valence-electron chi connectivity index (χ0n) is 12.5. The summed E-state index contributed by atoms with van der Waals surface area (Å²) in [6.45, 7) is 1.66. The van der Waals surface area contributed by atoms with E-state index in [-0.39, 0.29) is 11.3 Å². The van der Waals surface area contributed by atoms with E-state index in [1.165, 1.54) is 31.4 Å². The molecule has 0 atom stereocenters. The standard InChI is InChI=1S/C16H15ClN2O4/c1-9(12-5-4-11(23-2)8-15(12)20)18-19-14-7-10(16(21)22)3-6-13(14)17/h3-8,19-20H,1-2H3,(H,21,22)/p-1/b18-9+. The Kier molecular flexibility index (Phi) is 5.08. The molecular formula is C16H14ClN2O4-. The van der Waals surface area contributed by atoms with Crippen molar-refractivity contribution in [2.45, 2.75) is 6.92 Å². The normalized spacial score (nSPS) is 11.2. The van der Waals surface area contributed by atoms with Gasteiger partial charge < -0.3 is 14.9 Å². The molecule has 0 aliphatic heterocycles. The lowest BCUT2D eigenvalue weighted by Crippen LogP contribution is -2.06. The molecule has 2 N–H and O–H groups in total. The average Bonchev–Trinajstić information content (AvgIpc) is 2.53. The van der Waals surface area contributed by atoms with Crippen LogP contribution < -0.4 is 15.3 Å². The van der Waals surface area contributed by atoms with Crippen LogP contribution in [-0.4, -0.2) is 23.9 Å². The number of carbonyl (C=O) groups is 1. The van der Waals surface area contributed by atoms with Crippen LogP contribution in [0.4, 0.5) is 5.69 Å². The van der Waals surface area contributed by atoms with Crippen LogP contribution in [0, 0.1) is 0 Å². The van der Waals surface area contributed by atoms with Crippen LogP contribution in [0.25, 0.3) is 0 Å². The highest BCUT2D eigenvalue weighted by Crippen LogP contribution is 2.24. The average molecular weight is 334 g/mol. The number of nitrogens with one attached hydrogen (secondary N) is 1. The molecule has 0 aliphatic rings. The number of carboxylic acids is 1. The fourth-order valence-corrected chi connectivity index (χ4v) is 2.04. The first-order chi connectivity index (χ1) is 10.9. The van der Waals surface area contributed by atoms with Gasteiger partial charge in [0.05, 0.1) is 29.1 Å². The van der Waals surface area contributed by atoms with E-state index in [0.717, 1.165) is 0 Å². The lowest BCUT2D eigenvalue weighted by molar-refractivity contribution is -0.268. The Labute approximate surface area is 138 Å². The smallest absolute Gasteiger partial charge is 0.335 e. The van der Waals surface area contributed by atoms with Gasteiger partial charge in [-0.3, -0.25) is 5.43 Å². The Morgan fingerprint density at radius 2 is 2.04 bits per heavy atom. The van der Waals surface area contributed by atoms with E-state index in [2.05, 4.69) is 10.5 Å². The van der Waals surface area contributed by atoms with E-state index in [1.807, 2.05) is 0 Å². The molecule has 0 fully saturated rings. The molecule has 0 radical (unpaired) electrons. The molecule has 0 unspecified atom stereocenters. The Morgan fingerprint density at radius 3 is 2.65 bits per heavy atom. The van der Waals surface area contributed by atoms with Crippen molar-refractivity contribution in [3.63, 3.8) is 0 Å². The fraction of sp³-hybridized carbons (Fsp3) is 0.125. The molecular weight excluding hydrogens is 320 g/mol. The second kappa shape index (κ2) is 7.02. The number of benzene rings is 2. The summed E-state index contributed by atoms with van der Waals surface area (Å²) in [6.07, 6.45) is 0. The van der Waals surface area contributed by atoms with Crippen LogP contribution in [0.2, 0.25) is 5.02 Å². The molecule has 6 nitrogen and oxygen atoms in total. The minimum atomic E-state index is -1.07. The minimum Gasteiger partial charge on any atom is -0.872 e. The zero-order chi connectivity index (χ0) is 17.0. The maximum absolute atomic E-state index is 12.0. The third-order valence-electron chi connectivity index (χ3n) is 3.14. The molecule has 0 heterocycles. The molecule has 0 aromatic heterocycles. The number of anilines is 1. The van der Waals surface area contributed by atoms with Crippen molar-refractivity contribution in [1.82, 2.24) is 0 Å². The van der Waals surface area contributed by atoms with Crippen molar-refractivity contribution in [2.24, 2.45) is 5.10 Å². The Bertz CT molecular complexity index is 775. The van der Waals surface area contributed by atoms with Gasteiger partial charge in [0.15, 0.2) is 0 Å². The fourth-order valence-electron chi connectivity index (χ4n) is 1.88. The Hall–Kier alpha value is -2.73. The number of ether oxygens (including phenoxy) is 1. The molecule has 0 spiro atoms. The summed E-state index contributed by atoms with van der Waals surface area (Å²) in [5.41, 5.74) is 3.95. The van der Waals surface area contributed by atoms with Gasteiger partial charge >= 0.3 is 5.97 Å². The van der Waals surface area contributed by atoms with Crippen molar-refractivity contribution in [2.75, 3.05) is 12.5 Å². The lowest BCUT2D eigenvalue weighted by atomic mass is 10.1. The van der Waals surface area contributed by atoms with Gasteiger partial charge in [-0.15, -0.1) is 0 Å². The number of hydrogen-bond acceptors (Lipinski definition) is 5. The monoisotopic (exact) mass is 333 g/mol. The summed E-state index contributed by atoms with van der Waals surface area (Å²) in [5.74, 6) is -0.822. The van der Waals surface area contributed by atoms with Gasteiger partial charge in [0, 0.05) is 0 Å². The first kappa shape index (κ1) is 16.6. The minimum absolute atomic E-state index is 0.0821. The van der Waals surface area contributed by atoms with Crippen molar-refractivity contribution in [3.8, 4) is 11.5 Å². The number of halogens is 1. The highest BCUT2D eigenvalue weighted by molar-refractivity contribution is 6.33. The van der Waals surface area contributed by atoms with E-state index in [0.29, 0.717) is 27.7 Å². The summed E-state index contributed by atoms with van der Waals surface area (Å²) >= 11 is 6.00. The Morgan fingerprint density at radius 1 is 1.30 bits per heavy atom. The van der Waals surface area contributed by atoms with Crippen LogP contribution in [0.15, 0.2) is 41.5 Å². The molecule has 0 bridgehead atoms. The van der Waals surface area contributed by atoms with Gasteiger partial charge in [-0.05, 0) is 42.8 Å². The summed E-state index contributed by atoms with van der Waals surface area (Å²) in [4.78, 5) is 11.0. The number of nitrogens with zero attached hydrogens (tertiary/aromatic N) is 1. The molecule has 2 rings (SSSR count). The van der Waals surface area contributed by atoms with Gasteiger partial charge in [0.2, 0.25) is 0 Å². The van der Waals surface area contributed by atoms with Crippen LogP contribution in [-0.2, 0) is 0 Å². The van der Waals surface area contributed by atoms with Crippen LogP contribution in [0.3, 0.4) is 0 Å². The summed E-state index contributed by atoms with van der Waals surface area (Å²) in [5, 5.41) is 25.4. The second-order valence-electron chi connectivity index (χ2n) is 4.67. The maximum atomic E-state index is 12.0. The summed E-state index contributed by atoms with van der Waals surface area (Å²) < 4.78 is 4.98. The van der Waals surface area contributed by atoms with Gasteiger partial charge in [-0.1, -0.05) is 23.4 Å². The van der Waals surface area contributed by atoms with E-state index in [9.17, 15) is 9.90 Å². The molecule has 2 aromatic rings. The molecule has 23 heavy (non-hydrogen) atoms. The molecule has 120 valence electrons. The van der Waals surface area contributed by atoms with Gasteiger partial charge in [0.25, 0.3) is 0 Å². The molecule has 0 amide bonds. The second-order valence-corrected chi connectivity index (χ2v) is 5.08. The molecule has 7 heteroatoms. The highest BCUT2D eigenvalue weighted by atomic mass is 35.5. The number of hydrazone groups is 1. The third kappa shape index (κ3) is 3.92. The first-order valence-corrected chi connectivity index (χ1v) is 6.98. The van der Waals surface area contributed by atoms with E-state index >= 15 is 0 Å². The van der Waals surface area contributed by atoms with Crippen molar-refractivity contribution < 1.29 is 19.7 Å². The van der Waals surface area contributed by atoms with E-state index < -0.39 is 5.97 Å². The number of aromatic carboxylic acids is 1. The quantitative estimate of drug-likeness (QED) is 0.648.